The molecular weight excluding hydrogens is 404 g/mol. The molecule has 0 saturated carbocycles. The maximum Gasteiger partial charge on any atom is 0.265 e. The molecule has 2 aromatic rings. The molecule has 2 N–H and O–H groups in total. The molecule has 0 aromatic heterocycles. The molecule has 1 fully saturated rings. The molecule has 0 bridgehead atoms. The first kappa shape index (κ1) is 22.3. The molecule has 1 aliphatic rings. The fourth-order valence-corrected chi connectivity index (χ4v) is 4.33. The van der Waals surface area contributed by atoms with Crippen LogP contribution in [0.2, 0.25) is 0 Å². The van der Waals surface area contributed by atoms with Gasteiger partial charge in [0.25, 0.3) is 5.91 Å². The summed E-state index contributed by atoms with van der Waals surface area (Å²) < 4.78 is 38.7. The molecule has 1 amide bonds. The molecular formula is C22H28N2O5S. The highest BCUT2D eigenvalue weighted by molar-refractivity contribution is 7.89. The van der Waals surface area contributed by atoms with Crippen molar-refractivity contribution in [2.24, 2.45) is 0 Å². The smallest absolute Gasteiger partial charge is 0.265 e. The Hall–Kier alpha value is -2.42. The first-order valence-electron chi connectivity index (χ1n) is 10.0. The monoisotopic (exact) mass is 432 g/mol. The van der Waals surface area contributed by atoms with Gasteiger partial charge in [-0.25, -0.2) is 13.1 Å². The van der Waals surface area contributed by atoms with Crippen LogP contribution in [-0.4, -0.2) is 39.7 Å². The lowest BCUT2D eigenvalue weighted by molar-refractivity contribution is -0.122. The van der Waals surface area contributed by atoms with Gasteiger partial charge in [-0.15, -0.1) is 0 Å². The Balaban J connectivity index is 1.58. The molecule has 0 spiro atoms. The van der Waals surface area contributed by atoms with Gasteiger partial charge in [-0.2, -0.15) is 0 Å². The van der Waals surface area contributed by atoms with Crippen molar-refractivity contribution in [3.05, 3.63) is 53.6 Å². The zero-order valence-corrected chi connectivity index (χ0v) is 18.3. The predicted molar refractivity (Wildman–Crippen MR) is 115 cm³/mol. The molecule has 1 heterocycles. The first-order valence-corrected chi connectivity index (χ1v) is 11.5. The maximum atomic E-state index is 12.5. The summed E-state index contributed by atoms with van der Waals surface area (Å²) in [5, 5.41) is 2.76. The van der Waals surface area contributed by atoms with Gasteiger partial charge in [0, 0.05) is 18.8 Å². The minimum atomic E-state index is -3.63. The molecule has 8 heteroatoms. The number of sulfonamides is 1. The lowest BCUT2D eigenvalue weighted by Gasteiger charge is -2.18. The van der Waals surface area contributed by atoms with Crippen molar-refractivity contribution in [3.63, 3.8) is 0 Å². The lowest BCUT2D eigenvalue weighted by atomic mass is 10.1. The zero-order valence-electron chi connectivity index (χ0n) is 17.5. The molecule has 0 aliphatic carbocycles. The molecule has 7 nitrogen and oxygen atoms in total. The average molecular weight is 433 g/mol. The van der Waals surface area contributed by atoms with Gasteiger partial charge in [0.1, 0.15) is 5.75 Å². The molecule has 2 unspecified atom stereocenters. The Morgan fingerprint density at radius 1 is 1.17 bits per heavy atom. The molecule has 162 valence electrons. The first-order chi connectivity index (χ1) is 14.3. The fraction of sp³-hybridized carbons (Fsp3) is 0.409. The van der Waals surface area contributed by atoms with Gasteiger partial charge in [0.15, 0.2) is 6.10 Å². The van der Waals surface area contributed by atoms with E-state index in [4.69, 9.17) is 9.47 Å². The van der Waals surface area contributed by atoms with Gasteiger partial charge < -0.3 is 14.8 Å². The minimum absolute atomic E-state index is 0.0725. The van der Waals surface area contributed by atoms with Crippen LogP contribution in [0.3, 0.4) is 0 Å². The van der Waals surface area contributed by atoms with E-state index in [1.165, 1.54) is 12.1 Å². The van der Waals surface area contributed by atoms with Crippen LogP contribution >= 0.6 is 0 Å². The Bertz CT molecular complexity index is 963. The van der Waals surface area contributed by atoms with E-state index in [1.807, 2.05) is 32.0 Å². The Labute approximate surface area is 177 Å². The number of aryl methyl sites for hydroxylation is 2. The van der Waals surface area contributed by atoms with Gasteiger partial charge in [-0.05, 0) is 69.0 Å². The third-order valence-electron chi connectivity index (χ3n) is 5.03. The highest BCUT2D eigenvalue weighted by Crippen LogP contribution is 2.24. The predicted octanol–water partition coefficient (Wildman–Crippen LogP) is 3.17. The van der Waals surface area contributed by atoms with Crippen molar-refractivity contribution in [1.29, 1.82) is 0 Å². The third-order valence-corrected chi connectivity index (χ3v) is 6.47. The van der Waals surface area contributed by atoms with Crippen LogP contribution in [0.25, 0.3) is 0 Å². The van der Waals surface area contributed by atoms with Crippen molar-refractivity contribution in [3.8, 4) is 5.75 Å². The quantitative estimate of drug-likeness (QED) is 0.668. The van der Waals surface area contributed by atoms with Crippen LogP contribution in [0.1, 0.15) is 30.9 Å². The van der Waals surface area contributed by atoms with E-state index < -0.39 is 16.1 Å². The highest BCUT2D eigenvalue weighted by Gasteiger charge is 2.21. The summed E-state index contributed by atoms with van der Waals surface area (Å²) in [5.74, 6) is 0.378. The minimum Gasteiger partial charge on any atom is -0.480 e. The van der Waals surface area contributed by atoms with Crippen molar-refractivity contribution in [2.75, 3.05) is 18.5 Å². The van der Waals surface area contributed by atoms with Crippen molar-refractivity contribution >= 4 is 21.6 Å². The molecule has 1 aliphatic heterocycles. The second-order valence-corrected chi connectivity index (χ2v) is 9.25. The normalized spacial score (nSPS) is 17.5. The van der Waals surface area contributed by atoms with E-state index in [0.717, 1.165) is 24.0 Å². The fourth-order valence-electron chi connectivity index (χ4n) is 3.27. The number of para-hydroxylation sites is 1. The van der Waals surface area contributed by atoms with Crippen LogP contribution in [0.15, 0.2) is 47.4 Å². The zero-order chi connectivity index (χ0) is 21.7. The number of hydrogen-bond acceptors (Lipinski definition) is 5. The second-order valence-electron chi connectivity index (χ2n) is 7.48. The molecule has 0 radical (unpaired) electrons. The molecule has 3 rings (SSSR count). The van der Waals surface area contributed by atoms with Crippen LogP contribution in [0.5, 0.6) is 5.75 Å². The lowest BCUT2D eigenvalue weighted by Crippen LogP contribution is -2.32. The number of nitrogens with one attached hydrogen (secondary N) is 2. The van der Waals surface area contributed by atoms with Crippen molar-refractivity contribution < 1.29 is 22.7 Å². The second kappa shape index (κ2) is 9.59. The van der Waals surface area contributed by atoms with Crippen LogP contribution < -0.4 is 14.8 Å². The standard InChI is InChI=1S/C22H28N2O5S/c1-15-6-4-7-16(2)21(15)29-17(3)22(25)24-18-9-11-20(12-10-18)30(26,27)23-14-19-8-5-13-28-19/h4,6-7,9-12,17,19,23H,5,8,13-14H2,1-3H3,(H,24,25). The number of benzene rings is 2. The van der Waals surface area contributed by atoms with Crippen molar-refractivity contribution in [2.45, 2.75) is 50.7 Å². The van der Waals surface area contributed by atoms with E-state index in [0.29, 0.717) is 18.0 Å². The SMILES string of the molecule is Cc1cccc(C)c1OC(C)C(=O)Nc1ccc(S(=O)(=O)NCC2CCCO2)cc1. The summed E-state index contributed by atoms with van der Waals surface area (Å²) in [6.45, 7) is 6.47. The van der Waals surface area contributed by atoms with Gasteiger partial charge in [0.2, 0.25) is 10.0 Å². The molecule has 1 saturated heterocycles. The highest BCUT2D eigenvalue weighted by atomic mass is 32.2. The van der Waals surface area contributed by atoms with Gasteiger partial charge >= 0.3 is 0 Å². The van der Waals surface area contributed by atoms with Crippen LogP contribution in [0, 0.1) is 13.8 Å². The van der Waals surface area contributed by atoms with Crippen LogP contribution in [0.4, 0.5) is 5.69 Å². The number of anilines is 1. The van der Waals surface area contributed by atoms with Gasteiger partial charge in [-0.3, -0.25) is 4.79 Å². The Morgan fingerprint density at radius 2 is 1.83 bits per heavy atom. The van der Waals surface area contributed by atoms with Gasteiger partial charge in [-0.1, -0.05) is 18.2 Å². The van der Waals surface area contributed by atoms with Crippen LogP contribution in [-0.2, 0) is 19.6 Å². The van der Waals surface area contributed by atoms with E-state index in [1.54, 1.807) is 19.1 Å². The number of carbonyl (C=O) groups is 1. The summed E-state index contributed by atoms with van der Waals surface area (Å²) in [5.41, 5.74) is 2.41. The maximum absolute atomic E-state index is 12.5. The number of ether oxygens (including phenoxy) is 2. The number of carbonyl (C=O) groups excluding carboxylic acids is 1. The number of amides is 1. The summed E-state index contributed by atoms with van der Waals surface area (Å²) in [4.78, 5) is 12.6. The average Bonchev–Trinajstić information content (AvgIpc) is 3.23. The molecule has 30 heavy (non-hydrogen) atoms. The summed E-state index contributed by atoms with van der Waals surface area (Å²) in [6.07, 6.45) is 1.03. The van der Waals surface area contributed by atoms with Gasteiger partial charge in [0.05, 0.1) is 11.0 Å². The summed E-state index contributed by atoms with van der Waals surface area (Å²) in [7, 11) is -3.63. The van der Waals surface area contributed by atoms with E-state index in [-0.39, 0.29) is 23.5 Å². The third kappa shape index (κ3) is 5.59. The molecule has 2 aromatic carbocycles. The van der Waals surface area contributed by atoms with E-state index >= 15 is 0 Å². The van der Waals surface area contributed by atoms with Crippen molar-refractivity contribution in [1.82, 2.24) is 4.72 Å². The summed E-state index contributed by atoms with van der Waals surface area (Å²) in [6, 6.07) is 11.8. The summed E-state index contributed by atoms with van der Waals surface area (Å²) >= 11 is 0. The Morgan fingerprint density at radius 3 is 2.43 bits per heavy atom. The molecule has 2 atom stereocenters. The van der Waals surface area contributed by atoms with E-state index in [9.17, 15) is 13.2 Å². The largest absolute Gasteiger partial charge is 0.480 e. The number of hydrogen-bond donors (Lipinski definition) is 2. The topological polar surface area (TPSA) is 93.7 Å². The number of rotatable bonds is 8. The Kier molecular flexibility index (Phi) is 7.12. The van der Waals surface area contributed by atoms with E-state index in [2.05, 4.69) is 10.0 Å².